The molecule has 2 aromatic rings. The molecule has 4 nitrogen and oxygen atoms in total. The lowest BCUT2D eigenvalue weighted by atomic mass is 10.0. The van der Waals surface area contributed by atoms with E-state index in [0.29, 0.717) is 12.0 Å². The van der Waals surface area contributed by atoms with Crippen molar-refractivity contribution in [3.63, 3.8) is 0 Å². The summed E-state index contributed by atoms with van der Waals surface area (Å²) in [7, 11) is 0. The summed E-state index contributed by atoms with van der Waals surface area (Å²) in [5.74, 6) is -0.0242. The Morgan fingerprint density at radius 1 is 1.14 bits per heavy atom. The van der Waals surface area contributed by atoms with Crippen molar-refractivity contribution in [2.75, 3.05) is 6.26 Å². The third-order valence-electron chi connectivity index (χ3n) is 3.39. The molecule has 0 radical (unpaired) electrons. The van der Waals surface area contributed by atoms with Gasteiger partial charge in [0.05, 0.1) is 4.92 Å². The molecule has 0 spiro atoms. The first-order valence-corrected chi connectivity index (χ1v) is 8.10. The number of rotatable bonds is 6. The first-order valence-electron chi connectivity index (χ1n) is 6.88. The molecule has 5 heteroatoms. The Hall–Kier alpha value is -2.14. The number of carbonyl (C=O) groups is 1. The van der Waals surface area contributed by atoms with Crippen LogP contribution in [0.15, 0.2) is 47.4 Å². The number of nitro benzene ring substituents is 1. The van der Waals surface area contributed by atoms with Crippen molar-refractivity contribution in [1.29, 1.82) is 0 Å². The van der Waals surface area contributed by atoms with Crippen molar-refractivity contribution >= 4 is 23.2 Å². The fraction of sp³-hybridized carbons (Fsp3) is 0.235. The van der Waals surface area contributed by atoms with Gasteiger partial charge >= 0.3 is 0 Å². The topological polar surface area (TPSA) is 60.2 Å². The van der Waals surface area contributed by atoms with Crippen LogP contribution in [0.2, 0.25) is 0 Å². The van der Waals surface area contributed by atoms with Gasteiger partial charge in [-0.3, -0.25) is 14.9 Å². The molecule has 0 bridgehead atoms. The SMILES string of the molecule is CSc1ccc(CC(=O)Cc2ccc(C)cc2[N+](=O)[O-])cc1. The maximum absolute atomic E-state index is 12.2. The van der Waals surface area contributed by atoms with Crippen molar-refractivity contribution in [2.24, 2.45) is 0 Å². The van der Waals surface area contributed by atoms with Gasteiger partial charge in [0, 0.05) is 29.4 Å². The van der Waals surface area contributed by atoms with E-state index in [-0.39, 0.29) is 17.9 Å². The van der Waals surface area contributed by atoms with E-state index in [1.807, 2.05) is 30.5 Å². The predicted molar refractivity (Wildman–Crippen MR) is 88.5 cm³/mol. The number of hydrogen-bond acceptors (Lipinski definition) is 4. The molecule has 0 heterocycles. The number of ketones is 1. The lowest BCUT2D eigenvalue weighted by Gasteiger charge is -2.05. The third-order valence-corrected chi connectivity index (χ3v) is 4.13. The fourth-order valence-electron chi connectivity index (χ4n) is 2.24. The second kappa shape index (κ2) is 7.22. The number of aryl methyl sites for hydroxylation is 1. The van der Waals surface area contributed by atoms with Crippen molar-refractivity contribution < 1.29 is 9.72 Å². The number of carbonyl (C=O) groups excluding carboxylic acids is 1. The van der Waals surface area contributed by atoms with Crippen molar-refractivity contribution in [3.05, 3.63) is 69.3 Å². The Labute approximate surface area is 133 Å². The number of hydrogen-bond donors (Lipinski definition) is 0. The van der Waals surface area contributed by atoms with Crippen LogP contribution >= 0.6 is 11.8 Å². The lowest BCUT2D eigenvalue weighted by molar-refractivity contribution is -0.385. The van der Waals surface area contributed by atoms with Gasteiger partial charge < -0.3 is 0 Å². The number of benzene rings is 2. The van der Waals surface area contributed by atoms with Gasteiger partial charge in [-0.15, -0.1) is 11.8 Å². The average molecular weight is 315 g/mol. The van der Waals surface area contributed by atoms with Crippen LogP contribution in [0.4, 0.5) is 5.69 Å². The van der Waals surface area contributed by atoms with Gasteiger partial charge in [0.25, 0.3) is 5.69 Å². The van der Waals surface area contributed by atoms with Gasteiger partial charge in [-0.25, -0.2) is 0 Å². The molecule has 0 atom stereocenters. The van der Waals surface area contributed by atoms with Crippen LogP contribution < -0.4 is 0 Å². The zero-order valence-electron chi connectivity index (χ0n) is 12.5. The van der Waals surface area contributed by atoms with E-state index < -0.39 is 4.92 Å². The Morgan fingerprint density at radius 3 is 2.41 bits per heavy atom. The second-order valence-electron chi connectivity index (χ2n) is 5.13. The molecule has 0 saturated carbocycles. The van der Waals surface area contributed by atoms with Crippen LogP contribution in [0.1, 0.15) is 16.7 Å². The van der Waals surface area contributed by atoms with E-state index in [2.05, 4.69) is 0 Å². The molecular weight excluding hydrogens is 298 g/mol. The highest BCUT2D eigenvalue weighted by molar-refractivity contribution is 7.98. The van der Waals surface area contributed by atoms with Gasteiger partial charge in [-0.1, -0.05) is 24.3 Å². The number of Topliss-reactive ketones (excluding diaryl/α,β-unsaturated/α-hetero) is 1. The maximum atomic E-state index is 12.2. The molecule has 0 amide bonds. The fourth-order valence-corrected chi connectivity index (χ4v) is 2.65. The van der Waals surface area contributed by atoms with E-state index in [4.69, 9.17) is 0 Å². The minimum atomic E-state index is -0.428. The summed E-state index contributed by atoms with van der Waals surface area (Å²) in [5, 5.41) is 11.1. The van der Waals surface area contributed by atoms with Crippen molar-refractivity contribution in [3.8, 4) is 0 Å². The summed E-state index contributed by atoms with van der Waals surface area (Å²) in [5.41, 5.74) is 2.24. The minimum absolute atomic E-state index is 0.0195. The van der Waals surface area contributed by atoms with Gasteiger partial charge in [0.15, 0.2) is 0 Å². The Bertz CT molecular complexity index is 696. The zero-order valence-corrected chi connectivity index (χ0v) is 13.4. The van der Waals surface area contributed by atoms with E-state index in [0.717, 1.165) is 16.0 Å². The molecule has 0 unspecified atom stereocenters. The molecule has 0 saturated heterocycles. The number of nitrogens with zero attached hydrogens (tertiary/aromatic N) is 1. The van der Waals surface area contributed by atoms with Gasteiger partial charge in [0.1, 0.15) is 5.78 Å². The number of thioether (sulfide) groups is 1. The second-order valence-corrected chi connectivity index (χ2v) is 6.01. The molecule has 0 N–H and O–H groups in total. The first kappa shape index (κ1) is 16.2. The van der Waals surface area contributed by atoms with Gasteiger partial charge in [-0.05, 0) is 36.4 Å². The number of nitro groups is 1. The molecule has 2 aromatic carbocycles. The van der Waals surface area contributed by atoms with Crippen LogP contribution in [0.5, 0.6) is 0 Å². The first-order chi connectivity index (χ1) is 10.5. The van der Waals surface area contributed by atoms with Crippen LogP contribution in [-0.4, -0.2) is 17.0 Å². The minimum Gasteiger partial charge on any atom is -0.299 e. The van der Waals surface area contributed by atoms with Crippen LogP contribution in [0, 0.1) is 17.0 Å². The summed E-state index contributed by atoms with van der Waals surface area (Å²) < 4.78 is 0. The zero-order chi connectivity index (χ0) is 16.1. The maximum Gasteiger partial charge on any atom is 0.273 e. The molecule has 22 heavy (non-hydrogen) atoms. The quantitative estimate of drug-likeness (QED) is 0.459. The molecule has 2 rings (SSSR count). The average Bonchev–Trinajstić information content (AvgIpc) is 2.49. The normalized spacial score (nSPS) is 10.5. The molecule has 0 aliphatic carbocycles. The van der Waals surface area contributed by atoms with E-state index in [1.165, 1.54) is 6.07 Å². The van der Waals surface area contributed by atoms with E-state index >= 15 is 0 Å². The summed E-state index contributed by atoms with van der Waals surface area (Å²) in [6, 6.07) is 12.8. The van der Waals surface area contributed by atoms with Crippen molar-refractivity contribution in [1.82, 2.24) is 0 Å². The highest BCUT2D eigenvalue weighted by Crippen LogP contribution is 2.21. The molecule has 114 valence electrons. The lowest BCUT2D eigenvalue weighted by Crippen LogP contribution is -2.08. The van der Waals surface area contributed by atoms with Crippen LogP contribution in [0.25, 0.3) is 0 Å². The van der Waals surface area contributed by atoms with Gasteiger partial charge in [-0.2, -0.15) is 0 Å². The van der Waals surface area contributed by atoms with Crippen molar-refractivity contribution in [2.45, 2.75) is 24.7 Å². The predicted octanol–water partition coefficient (Wildman–Crippen LogP) is 3.98. The van der Waals surface area contributed by atoms with Crippen LogP contribution in [0.3, 0.4) is 0 Å². The summed E-state index contributed by atoms with van der Waals surface area (Å²) >= 11 is 1.65. The third kappa shape index (κ3) is 4.18. The van der Waals surface area contributed by atoms with E-state index in [1.54, 1.807) is 30.8 Å². The Morgan fingerprint density at radius 2 is 1.82 bits per heavy atom. The van der Waals surface area contributed by atoms with E-state index in [9.17, 15) is 14.9 Å². The molecule has 0 aromatic heterocycles. The van der Waals surface area contributed by atoms with Gasteiger partial charge in [0.2, 0.25) is 0 Å². The molecule has 0 aliphatic rings. The molecule has 0 fully saturated rings. The highest BCUT2D eigenvalue weighted by Gasteiger charge is 2.16. The monoisotopic (exact) mass is 315 g/mol. The summed E-state index contributed by atoms with van der Waals surface area (Å²) in [4.78, 5) is 24.0. The Balaban J connectivity index is 2.10. The standard InChI is InChI=1S/C17H17NO3S/c1-12-3-6-14(17(9-12)18(20)21)11-15(19)10-13-4-7-16(22-2)8-5-13/h3-9H,10-11H2,1-2H3. The smallest absolute Gasteiger partial charge is 0.273 e. The van der Waals surface area contributed by atoms with Crippen LogP contribution in [-0.2, 0) is 17.6 Å². The summed E-state index contributed by atoms with van der Waals surface area (Å²) in [6.45, 7) is 1.80. The Kier molecular flexibility index (Phi) is 5.33. The highest BCUT2D eigenvalue weighted by atomic mass is 32.2. The largest absolute Gasteiger partial charge is 0.299 e. The molecular formula is C17H17NO3S. The summed E-state index contributed by atoms with van der Waals surface area (Å²) in [6.07, 6.45) is 2.37. The molecule has 0 aliphatic heterocycles.